The predicted molar refractivity (Wildman–Crippen MR) is 90.3 cm³/mol. The average molecular weight is 331 g/mol. The highest BCUT2D eigenvalue weighted by Crippen LogP contribution is 2.36. The van der Waals surface area contributed by atoms with Gasteiger partial charge in [0, 0.05) is 17.6 Å². The smallest absolute Gasteiger partial charge is 0.526 e. The summed E-state index contributed by atoms with van der Waals surface area (Å²) in [6, 6.07) is 5.00. The van der Waals surface area contributed by atoms with E-state index in [0.717, 1.165) is 11.1 Å². The number of Topliss-reactive ketones (excluding diaryl/α,β-unsaturated/α-hetero) is 1. The van der Waals surface area contributed by atoms with Gasteiger partial charge in [0.05, 0.1) is 5.69 Å². The molecule has 0 saturated carbocycles. The number of ketones is 1. The molecule has 5 N–H and O–H groups in total. The number of aryl methyl sites for hydroxylation is 1. The molecule has 6 nitrogen and oxygen atoms in total. The molecule has 2 heterocycles. The number of rotatable bonds is 4. The van der Waals surface area contributed by atoms with Crippen molar-refractivity contribution in [3.8, 4) is 5.75 Å². The quantitative estimate of drug-likeness (QED) is 0.732. The molecule has 0 amide bonds. The molecule has 2 atom stereocenters. The second-order valence-electron chi connectivity index (χ2n) is 5.79. The molecule has 1 aliphatic rings. The van der Waals surface area contributed by atoms with E-state index in [1.54, 1.807) is 5.38 Å². The summed E-state index contributed by atoms with van der Waals surface area (Å²) in [4.78, 5) is 16.4. The highest BCUT2D eigenvalue weighted by molar-refractivity contribution is 7.13. The number of carbonyl (C=O) groups excluding carboxylic acids is 1. The van der Waals surface area contributed by atoms with Gasteiger partial charge in [0.1, 0.15) is 11.8 Å². The van der Waals surface area contributed by atoms with Crippen LogP contribution in [-0.4, -0.2) is 22.9 Å². The van der Waals surface area contributed by atoms with Gasteiger partial charge in [0.15, 0.2) is 10.9 Å². The molecule has 0 unspecified atom stereocenters. The molecule has 0 fully saturated rings. The fourth-order valence-electron chi connectivity index (χ4n) is 2.81. The van der Waals surface area contributed by atoms with Crippen LogP contribution in [0.2, 0.25) is 5.82 Å². The Labute approximate surface area is 138 Å². The highest BCUT2D eigenvalue weighted by atomic mass is 32.1. The topological polar surface area (TPSA) is 111 Å². The van der Waals surface area contributed by atoms with Crippen LogP contribution < -0.4 is 16.1 Å². The lowest BCUT2D eigenvalue weighted by atomic mass is 9.64. The molecule has 1 aromatic carbocycles. The minimum Gasteiger partial charge on any atom is -0.536 e. The number of nitrogens with zero attached hydrogens (tertiary/aromatic N) is 1. The maximum atomic E-state index is 12.4. The summed E-state index contributed by atoms with van der Waals surface area (Å²) in [6.45, 7) is 1.93. The Hall–Kier alpha value is -1.90. The Balaban J connectivity index is 1.72. The average Bonchev–Trinajstić information content (AvgIpc) is 2.95. The van der Waals surface area contributed by atoms with Crippen molar-refractivity contribution >= 4 is 29.4 Å². The van der Waals surface area contributed by atoms with E-state index in [0.29, 0.717) is 23.0 Å². The largest absolute Gasteiger partial charge is 0.536 e. The van der Waals surface area contributed by atoms with Gasteiger partial charge < -0.3 is 21.1 Å². The van der Waals surface area contributed by atoms with Crippen molar-refractivity contribution in [1.82, 2.24) is 4.98 Å². The number of para-hydroxylation sites is 1. The normalized spacial score (nSPS) is 18.2. The molecule has 23 heavy (non-hydrogen) atoms. The van der Waals surface area contributed by atoms with Gasteiger partial charge in [-0.15, -0.1) is 11.3 Å². The zero-order valence-corrected chi connectivity index (χ0v) is 13.5. The predicted octanol–water partition coefficient (Wildman–Crippen LogP) is 1.48. The van der Waals surface area contributed by atoms with E-state index in [1.165, 1.54) is 11.3 Å². The zero-order chi connectivity index (χ0) is 16.6. The molecule has 0 saturated heterocycles. The van der Waals surface area contributed by atoms with E-state index >= 15 is 0 Å². The molecule has 0 radical (unpaired) electrons. The number of benzene rings is 1. The molecule has 0 bridgehead atoms. The highest BCUT2D eigenvalue weighted by Gasteiger charge is 2.37. The fourth-order valence-corrected chi connectivity index (χ4v) is 3.41. The molecule has 0 spiro atoms. The summed E-state index contributed by atoms with van der Waals surface area (Å²) >= 11 is 1.25. The maximum absolute atomic E-state index is 12.4. The first-order valence-corrected chi connectivity index (χ1v) is 8.26. The standard InChI is InChI=1S/C15H18BN3O3S/c1-8-3-2-4-9-5-10(16(21)22-14(8)9)6-12(20)13(17)11-7-23-15(18)19-11/h2-4,7,10,13,21H,5-6,17H2,1H3,(H2,18,19)/t10-,13-/m1/s1. The summed E-state index contributed by atoms with van der Waals surface area (Å²) in [6.07, 6.45) is 0.711. The third-order valence-electron chi connectivity index (χ3n) is 4.09. The second kappa shape index (κ2) is 6.31. The number of nitrogen functional groups attached to an aromatic ring is 1. The Morgan fingerprint density at radius 3 is 3.09 bits per heavy atom. The molecular weight excluding hydrogens is 313 g/mol. The lowest BCUT2D eigenvalue weighted by Crippen LogP contribution is -2.36. The summed E-state index contributed by atoms with van der Waals surface area (Å²) in [5.74, 6) is 0.207. The van der Waals surface area contributed by atoms with Crippen LogP contribution in [0.4, 0.5) is 5.13 Å². The summed E-state index contributed by atoms with van der Waals surface area (Å²) in [7, 11) is -1.01. The first kappa shape index (κ1) is 16.0. The van der Waals surface area contributed by atoms with Crippen molar-refractivity contribution in [3.63, 3.8) is 0 Å². The number of fused-ring (bicyclic) bond motifs is 1. The van der Waals surface area contributed by atoms with Crippen molar-refractivity contribution in [2.45, 2.75) is 31.6 Å². The lowest BCUT2D eigenvalue weighted by Gasteiger charge is -2.28. The van der Waals surface area contributed by atoms with E-state index in [4.69, 9.17) is 16.1 Å². The minimum atomic E-state index is -1.01. The van der Waals surface area contributed by atoms with Crippen LogP contribution in [0, 0.1) is 6.92 Å². The Kier molecular flexibility index (Phi) is 4.38. The Morgan fingerprint density at radius 2 is 2.39 bits per heavy atom. The Morgan fingerprint density at radius 1 is 1.61 bits per heavy atom. The molecule has 1 aliphatic heterocycles. The fraction of sp³-hybridized carbons (Fsp3) is 0.333. The Bertz CT molecular complexity index is 737. The molecule has 3 rings (SSSR count). The SMILES string of the molecule is Cc1cccc2c1OB(O)[C@@H](CC(=O)[C@H](N)c1csc(N)n1)C2. The minimum absolute atomic E-state index is 0.132. The molecule has 8 heteroatoms. The number of nitrogens with two attached hydrogens (primary N) is 2. The van der Waals surface area contributed by atoms with Gasteiger partial charge in [-0.2, -0.15) is 0 Å². The molecule has 1 aromatic heterocycles. The van der Waals surface area contributed by atoms with Gasteiger partial charge in [-0.3, -0.25) is 4.79 Å². The zero-order valence-electron chi connectivity index (χ0n) is 12.7. The third-order valence-corrected chi connectivity index (χ3v) is 4.78. The van der Waals surface area contributed by atoms with Crippen LogP contribution in [0.15, 0.2) is 23.6 Å². The lowest BCUT2D eigenvalue weighted by molar-refractivity contribution is -0.120. The van der Waals surface area contributed by atoms with Crippen LogP contribution in [-0.2, 0) is 11.2 Å². The third kappa shape index (κ3) is 3.24. The molecular formula is C15H18BN3O3S. The van der Waals surface area contributed by atoms with Gasteiger partial charge in [0.2, 0.25) is 0 Å². The van der Waals surface area contributed by atoms with E-state index in [1.807, 2.05) is 25.1 Å². The maximum Gasteiger partial charge on any atom is 0.526 e. The van der Waals surface area contributed by atoms with Crippen LogP contribution in [0.5, 0.6) is 5.75 Å². The van der Waals surface area contributed by atoms with Crippen LogP contribution in [0.25, 0.3) is 0 Å². The second-order valence-corrected chi connectivity index (χ2v) is 6.68. The number of hydrogen-bond donors (Lipinski definition) is 3. The summed E-state index contributed by atoms with van der Waals surface area (Å²) < 4.78 is 5.59. The van der Waals surface area contributed by atoms with Crippen molar-refractivity contribution in [2.24, 2.45) is 5.73 Å². The first-order chi connectivity index (χ1) is 11.0. The molecule has 120 valence electrons. The monoisotopic (exact) mass is 331 g/mol. The van der Waals surface area contributed by atoms with Crippen molar-refractivity contribution in [2.75, 3.05) is 5.73 Å². The number of aromatic nitrogens is 1. The van der Waals surface area contributed by atoms with E-state index in [-0.39, 0.29) is 18.0 Å². The van der Waals surface area contributed by atoms with Crippen molar-refractivity contribution in [1.29, 1.82) is 0 Å². The van der Waals surface area contributed by atoms with E-state index < -0.39 is 13.2 Å². The first-order valence-electron chi connectivity index (χ1n) is 7.38. The van der Waals surface area contributed by atoms with Crippen LogP contribution in [0.1, 0.15) is 29.3 Å². The van der Waals surface area contributed by atoms with Crippen molar-refractivity contribution in [3.05, 3.63) is 40.4 Å². The van der Waals surface area contributed by atoms with E-state index in [9.17, 15) is 9.82 Å². The number of anilines is 1. The van der Waals surface area contributed by atoms with E-state index in [2.05, 4.69) is 4.98 Å². The summed E-state index contributed by atoms with van der Waals surface area (Å²) in [5, 5.41) is 12.3. The van der Waals surface area contributed by atoms with Crippen LogP contribution >= 0.6 is 11.3 Å². The van der Waals surface area contributed by atoms with Crippen LogP contribution in [0.3, 0.4) is 0 Å². The number of thiazole rings is 1. The van der Waals surface area contributed by atoms with Crippen molar-refractivity contribution < 1.29 is 14.5 Å². The van der Waals surface area contributed by atoms with Gasteiger partial charge in [0.25, 0.3) is 0 Å². The summed E-state index contributed by atoms with van der Waals surface area (Å²) in [5.41, 5.74) is 14.0. The number of carbonyl (C=O) groups is 1. The molecule has 0 aliphatic carbocycles. The van der Waals surface area contributed by atoms with Gasteiger partial charge in [-0.05, 0) is 24.5 Å². The number of hydrogen-bond acceptors (Lipinski definition) is 7. The van der Waals surface area contributed by atoms with Gasteiger partial charge >= 0.3 is 7.12 Å². The van der Waals surface area contributed by atoms with Gasteiger partial charge in [-0.1, -0.05) is 18.2 Å². The van der Waals surface area contributed by atoms with Gasteiger partial charge in [-0.25, -0.2) is 4.98 Å². The molecule has 2 aromatic rings.